The topological polar surface area (TPSA) is 62.2 Å². The predicted molar refractivity (Wildman–Crippen MR) is 86.1 cm³/mol. The van der Waals surface area contributed by atoms with Gasteiger partial charge in [0.1, 0.15) is 0 Å². The van der Waals surface area contributed by atoms with Gasteiger partial charge in [-0.1, -0.05) is 0 Å². The van der Waals surface area contributed by atoms with Crippen LogP contribution in [0.25, 0.3) is 0 Å². The van der Waals surface area contributed by atoms with Crippen LogP contribution in [0.2, 0.25) is 0 Å². The van der Waals surface area contributed by atoms with E-state index in [1.807, 2.05) is 0 Å². The Morgan fingerprint density at radius 3 is 2.70 bits per heavy atom. The fourth-order valence-electron chi connectivity index (χ4n) is 3.67. The van der Waals surface area contributed by atoms with Gasteiger partial charge in [0.15, 0.2) is 0 Å². The molecule has 1 amide bonds. The number of hydrogen-bond acceptors (Lipinski definition) is 5. The molecule has 0 bridgehead atoms. The van der Waals surface area contributed by atoms with E-state index in [-0.39, 0.29) is 18.1 Å². The second-order valence-corrected chi connectivity index (χ2v) is 7.52. The smallest absolute Gasteiger partial charge is 0.224 e. The van der Waals surface area contributed by atoms with Crippen molar-refractivity contribution in [2.24, 2.45) is 5.92 Å². The molecule has 1 N–H and O–H groups in total. The molecule has 3 aliphatic rings. The first-order chi connectivity index (χ1) is 11.0. The van der Waals surface area contributed by atoms with Crippen LogP contribution in [0.15, 0.2) is 0 Å². The van der Waals surface area contributed by atoms with Gasteiger partial charge < -0.3 is 19.5 Å². The third-order valence-corrected chi connectivity index (χ3v) is 5.18. The van der Waals surface area contributed by atoms with Crippen LogP contribution in [-0.2, 0) is 14.3 Å². The summed E-state index contributed by atoms with van der Waals surface area (Å²) in [5, 5.41) is 10.1. The second kappa shape index (κ2) is 7.47. The van der Waals surface area contributed by atoms with Crippen molar-refractivity contribution in [2.75, 3.05) is 40.4 Å². The van der Waals surface area contributed by atoms with Gasteiger partial charge in [0.25, 0.3) is 0 Å². The molecule has 6 nitrogen and oxygen atoms in total. The van der Waals surface area contributed by atoms with Crippen LogP contribution in [-0.4, -0.2) is 85.6 Å². The first-order valence-electron chi connectivity index (χ1n) is 8.88. The first-order valence-corrected chi connectivity index (χ1v) is 8.88. The van der Waals surface area contributed by atoms with Gasteiger partial charge in [0.2, 0.25) is 5.91 Å². The number of hydrogen-bond donors (Lipinski definition) is 1. The van der Waals surface area contributed by atoms with Crippen molar-refractivity contribution in [1.82, 2.24) is 9.80 Å². The SMILES string of the molecule is CN(C)C(=O)C[C@@H]1CC[C@H]2[C@@H](COC[C@H](O)CN2CC2CC2)O1. The fraction of sp³-hybridized carbons (Fsp3) is 0.941. The van der Waals surface area contributed by atoms with Crippen molar-refractivity contribution in [1.29, 1.82) is 0 Å². The van der Waals surface area contributed by atoms with Crippen molar-refractivity contribution in [2.45, 2.75) is 56.5 Å². The third-order valence-electron chi connectivity index (χ3n) is 5.18. The maximum atomic E-state index is 11.9. The van der Waals surface area contributed by atoms with Crippen LogP contribution in [0.4, 0.5) is 0 Å². The Bertz CT molecular complexity index is 413. The van der Waals surface area contributed by atoms with E-state index in [9.17, 15) is 9.90 Å². The molecule has 2 saturated heterocycles. The van der Waals surface area contributed by atoms with Crippen molar-refractivity contribution < 1.29 is 19.4 Å². The zero-order valence-corrected chi connectivity index (χ0v) is 14.3. The van der Waals surface area contributed by atoms with E-state index in [0.29, 0.717) is 32.2 Å². The maximum Gasteiger partial charge on any atom is 0.224 e. The molecule has 3 fully saturated rings. The van der Waals surface area contributed by atoms with Crippen molar-refractivity contribution >= 4 is 5.91 Å². The highest BCUT2D eigenvalue weighted by Crippen LogP contribution is 2.34. The molecule has 0 aromatic heterocycles. The van der Waals surface area contributed by atoms with E-state index >= 15 is 0 Å². The van der Waals surface area contributed by atoms with Gasteiger partial charge >= 0.3 is 0 Å². The molecule has 0 aromatic carbocycles. The van der Waals surface area contributed by atoms with Crippen molar-refractivity contribution in [3.8, 4) is 0 Å². The average Bonchev–Trinajstić information content (AvgIpc) is 3.29. The summed E-state index contributed by atoms with van der Waals surface area (Å²) >= 11 is 0. The lowest BCUT2D eigenvalue weighted by atomic mass is 9.94. The van der Waals surface area contributed by atoms with Crippen LogP contribution < -0.4 is 0 Å². The Kier molecular flexibility index (Phi) is 5.57. The molecular weight excluding hydrogens is 296 g/mol. The number of ether oxygens (including phenoxy) is 2. The number of β-amino-alcohol motifs (C(OH)–C–C–N with tert-alkyl or cyclic N) is 1. The number of aliphatic hydroxyl groups is 1. The standard InChI is InChI=1S/C17H30N2O4/c1-18(2)17(21)7-14-5-6-15-16(23-14)11-22-10-13(20)9-19(15)8-12-3-4-12/h12-16,20H,3-11H2,1-2H3/t13-,14+,15+,16-/m1/s1. The molecule has 3 rings (SSSR count). The summed E-state index contributed by atoms with van der Waals surface area (Å²) in [4.78, 5) is 16.0. The summed E-state index contributed by atoms with van der Waals surface area (Å²) in [6.07, 6.45) is 4.56. The van der Waals surface area contributed by atoms with E-state index in [1.165, 1.54) is 12.8 Å². The van der Waals surface area contributed by atoms with Crippen LogP contribution in [0.5, 0.6) is 0 Å². The Balaban J connectivity index is 1.61. The third kappa shape index (κ3) is 4.66. The minimum absolute atomic E-state index is 0.00922. The highest BCUT2D eigenvalue weighted by Gasteiger charge is 2.39. The number of nitrogens with zero attached hydrogens (tertiary/aromatic N) is 2. The molecule has 0 unspecified atom stereocenters. The van der Waals surface area contributed by atoms with E-state index in [4.69, 9.17) is 9.47 Å². The molecule has 23 heavy (non-hydrogen) atoms. The van der Waals surface area contributed by atoms with E-state index in [0.717, 1.165) is 25.3 Å². The molecule has 6 heteroatoms. The Morgan fingerprint density at radius 1 is 1.22 bits per heavy atom. The lowest BCUT2D eigenvalue weighted by Gasteiger charge is -2.44. The van der Waals surface area contributed by atoms with E-state index in [1.54, 1.807) is 19.0 Å². The number of fused-ring (bicyclic) bond motifs is 1. The molecule has 132 valence electrons. The summed E-state index contributed by atoms with van der Waals surface area (Å²) < 4.78 is 11.8. The van der Waals surface area contributed by atoms with Crippen molar-refractivity contribution in [3.63, 3.8) is 0 Å². The quantitative estimate of drug-likeness (QED) is 0.814. The minimum atomic E-state index is -0.414. The average molecular weight is 326 g/mol. The van der Waals surface area contributed by atoms with Crippen molar-refractivity contribution in [3.05, 3.63) is 0 Å². The van der Waals surface area contributed by atoms with Crippen LogP contribution >= 0.6 is 0 Å². The largest absolute Gasteiger partial charge is 0.389 e. The van der Waals surface area contributed by atoms with Gasteiger partial charge in [-0.25, -0.2) is 0 Å². The Morgan fingerprint density at radius 2 is 2.00 bits per heavy atom. The van der Waals surface area contributed by atoms with Gasteiger partial charge in [0, 0.05) is 33.2 Å². The molecule has 2 heterocycles. The molecule has 1 aliphatic carbocycles. The molecule has 2 aliphatic heterocycles. The molecule has 0 radical (unpaired) electrons. The van der Waals surface area contributed by atoms with Crippen LogP contribution in [0.3, 0.4) is 0 Å². The van der Waals surface area contributed by atoms with Gasteiger partial charge in [-0.2, -0.15) is 0 Å². The summed E-state index contributed by atoms with van der Waals surface area (Å²) in [6, 6.07) is 0.302. The number of rotatable bonds is 4. The van der Waals surface area contributed by atoms with Gasteiger partial charge in [-0.15, -0.1) is 0 Å². The number of amides is 1. The van der Waals surface area contributed by atoms with E-state index < -0.39 is 6.10 Å². The Hall–Kier alpha value is -0.690. The van der Waals surface area contributed by atoms with Gasteiger partial charge in [-0.05, 0) is 31.6 Å². The number of carbonyl (C=O) groups excluding carboxylic acids is 1. The molecule has 1 saturated carbocycles. The second-order valence-electron chi connectivity index (χ2n) is 7.52. The molecule has 0 spiro atoms. The number of aliphatic hydroxyl groups excluding tert-OH is 1. The van der Waals surface area contributed by atoms with Crippen LogP contribution in [0.1, 0.15) is 32.1 Å². The zero-order chi connectivity index (χ0) is 16.4. The lowest BCUT2D eigenvalue weighted by Crippen LogP contribution is -2.56. The highest BCUT2D eigenvalue weighted by atomic mass is 16.5. The normalized spacial score (nSPS) is 36.0. The summed E-state index contributed by atoms with van der Waals surface area (Å²) in [6.45, 7) is 2.61. The first kappa shape index (κ1) is 17.1. The lowest BCUT2D eigenvalue weighted by molar-refractivity contribution is -0.159. The Labute approximate surface area is 138 Å². The zero-order valence-electron chi connectivity index (χ0n) is 14.3. The van der Waals surface area contributed by atoms with Gasteiger partial charge in [-0.3, -0.25) is 9.69 Å². The predicted octanol–water partition coefficient (Wildman–Crippen LogP) is 0.484. The van der Waals surface area contributed by atoms with E-state index in [2.05, 4.69) is 4.90 Å². The molecular formula is C17H30N2O4. The monoisotopic (exact) mass is 326 g/mol. The summed E-state index contributed by atoms with van der Waals surface area (Å²) in [5.74, 6) is 0.904. The summed E-state index contributed by atoms with van der Waals surface area (Å²) in [5.41, 5.74) is 0. The summed E-state index contributed by atoms with van der Waals surface area (Å²) in [7, 11) is 3.57. The van der Waals surface area contributed by atoms with Crippen LogP contribution in [0, 0.1) is 5.92 Å². The molecule has 4 atom stereocenters. The van der Waals surface area contributed by atoms with Gasteiger partial charge in [0.05, 0.1) is 37.9 Å². The highest BCUT2D eigenvalue weighted by molar-refractivity contribution is 5.76. The minimum Gasteiger partial charge on any atom is -0.389 e. The number of carbonyl (C=O) groups is 1. The maximum absolute atomic E-state index is 11.9. The molecule has 0 aromatic rings. The fourth-order valence-corrected chi connectivity index (χ4v) is 3.67.